The fourth-order valence-electron chi connectivity index (χ4n) is 1.56. The molecule has 0 radical (unpaired) electrons. The predicted octanol–water partition coefficient (Wildman–Crippen LogP) is 3.49. The van der Waals surface area contributed by atoms with Gasteiger partial charge in [-0.05, 0) is 30.4 Å². The van der Waals surface area contributed by atoms with Crippen molar-refractivity contribution in [3.05, 3.63) is 36.8 Å². The van der Waals surface area contributed by atoms with Crippen molar-refractivity contribution in [1.82, 2.24) is 15.0 Å². The zero-order valence-electron chi connectivity index (χ0n) is 9.07. The van der Waals surface area contributed by atoms with Crippen LogP contribution in [0.1, 0.15) is 0 Å². The van der Waals surface area contributed by atoms with E-state index < -0.39 is 0 Å². The van der Waals surface area contributed by atoms with E-state index in [-0.39, 0.29) is 0 Å². The van der Waals surface area contributed by atoms with Gasteiger partial charge in [0.1, 0.15) is 10.7 Å². The van der Waals surface area contributed by atoms with E-state index in [0.717, 1.165) is 26.6 Å². The van der Waals surface area contributed by atoms with Gasteiger partial charge in [-0.1, -0.05) is 0 Å². The first-order chi connectivity index (χ1) is 8.86. The number of hydrogen-bond acceptors (Lipinski definition) is 6. The SMILES string of the molecule is S=C=Nc1ccc2sc(-c3cnccn3)nc2c1. The van der Waals surface area contributed by atoms with Gasteiger partial charge in [0.25, 0.3) is 0 Å². The molecule has 0 unspecified atom stereocenters. The van der Waals surface area contributed by atoms with Gasteiger partial charge >= 0.3 is 0 Å². The van der Waals surface area contributed by atoms with Crippen LogP contribution in [-0.4, -0.2) is 20.1 Å². The van der Waals surface area contributed by atoms with Crippen LogP contribution in [0.5, 0.6) is 0 Å². The van der Waals surface area contributed by atoms with E-state index in [1.165, 1.54) is 0 Å². The Morgan fingerprint density at radius 2 is 2.22 bits per heavy atom. The van der Waals surface area contributed by atoms with Crippen LogP contribution in [-0.2, 0) is 0 Å². The molecule has 0 spiro atoms. The van der Waals surface area contributed by atoms with E-state index in [1.54, 1.807) is 29.9 Å². The zero-order valence-corrected chi connectivity index (χ0v) is 10.7. The Balaban J connectivity index is 2.14. The van der Waals surface area contributed by atoms with Crippen LogP contribution >= 0.6 is 23.6 Å². The summed E-state index contributed by atoms with van der Waals surface area (Å²) in [6.07, 6.45) is 5.00. The minimum atomic E-state index is 0.758. The average Bonchev–Trinajstić information content (AvgIpc) is 2.83. The molecule has 0 aliphatic carbocycles. The molecule has 2 heterocycles. The Morgan fingerprint density at radius 1 is 1.28 bits per heavy atom. The first-order valence-corrected chi connectivity index (χ1v) is 6.34. The van der Waals surface area contributed by atoms with E-state index in [9.17, 15) is 0 Å². The number of thiocarbonyl (C=S) groups is 1. The summed E-state index contributed by atoms with van der Waals surface area (Å²) in [6, 6.07) is 5.74. The maximum Gasteiger partial charge on any atom is 0.144 e. The number of fused-ring (bicyclic) bond motifs is 1. The highest BCUT2D eigenvalue weighted by Gasteiger charge is 2.07. The Morgan fingerprint density at radius 3 is 3.00 bits per heavy atom. The van der Waals surface area contributed by atoms with Crippen LogP contribution in [0, 0.1) is 0 Å². The zero-order chi connectivity index (χ0) is 12.4. The van der Waals surface area contributed by atoms with Gasteiger partial charge in [-0.15, -0.1) is 11.3 Å². The number of isothiocyanates is 1. The van der Waals surface area contributed by atoms with Crippen LogP contribution in [0.4, 0.5) is 5.69 Å². The van der Waals surface area contributed by atoms with E-state index in [0.29, 0.717) is 0 Å². The van der Waals surface area contributed by atoms with Gasteiger partial charge < -0.3 is 0 Å². The second-order valence-electron chi connectivity index (χ2n) is 3.46. The molecule has 0 aliphatic heterocycles. The maximum absolute atomic E-state index is 4.59. The van der Waals surface area contributed by atoms with Gasteiger partial charge in [-0.25, -0.2) is 4.98 Å². The lowest BCUT2D eigenvalue weighted by Crippen LogP contribution is -1.81. The molecule has 1 aromatic carbocycles. The van der Waals surface area contributed by atoms with Crippen LogP contribution in [0.25, 0.3) is 20.9 Å². The molecule has 6 heteroatoms. The minimum Gasteiger partial charge on any atom is -0.261 e. The average molecular weight is 270 g/mol. The van der Waals surface area contributed by atoms with Crippen LogP contribution < -0.4 is 0 Å². The molecule has 0 fully saturated rings. The Bertz CT molecular complexity index is 745. The van der Waals surface area contributed by atoms with Gasteiger partial charge in [-0.2, -0.15) is 4.99 Å². The smallest absolute Gasteiger partial charge is 0.144 e. The van der Waals surface area contributed by atoms with Crippen molar-refractivity contribution in [3.63, 3.8) is 0 Å². The monoisotopic (exact) mass is 270 g/mol. The highest BCUT2D eigenvalue weighted by Crippen LogP contribution is 2.30. The van der Waals surface area contributed by atoms with E-state index in [1.807, 2.05) is 18.2 Å². The molecule has 3 rings (SSSR count). The molecular weight excluding hydrogens is 264 g/mol. The summed E-state index contributed by atoms with van der Waals surface area (Å²) >= 11 is 6.16. The number of aliphatic imine (C=N–C) groups is 1. The standard InChI is InChI=1S/C12H6N4S2/c17-7-15-8-1-2-11-9(5-8)16-12(18-11)10-6-13-3-4-14-10/h1-6H. The first-order valence-electron chi connectivity index (χ1n) is 5.12. The molecule has 0 atom stereocenters. The summed E-state index contributed by atoms with van der Waals surface area (Å²) in [5.74, 6) is 0. The lowest BCUT2D eigenvalue weighted by atomic mass is 10.3. The lowest BCUT2D eigenvalue weighted by Gasteiger charge is -1.90. The third-order valence-electron chi connectivity index (χ3n) is 2.33. The van der Waals surface area contributed by atoms with Gasteiger partial charge in [0.2, 0.25) is 0 Å². The van der Waals surface area contributed by atoms with Crippen molar-refractivity contribution in [2.45, 2.75) is 0 Å². The number of thiazole rings is 1. The first kappa shape index (κ1) is 11.1. The van der Waals surface area contributed by atoms with Crippen molar-refractivity contribution in [3.8, 4) is 10.7 Å². The molecule has 0 bridgehead atoms. The van der Waals surface area contributed by atoms with Gasteiger partial charge in [0, 0.05) is 12.4 Å². The Hall–Kier alpha value is -2.01. The van der Waals surface area contributed by atoms with Gasteiger partial charge in [0.15, 0.2) is 0 Å². The van der Waals surface area contributed by atoms with E-state index in [4.69, 9.17) is 0 Å². The summed E-state index contributed by atoms with van der Waals surface area (Å²) in [5.41, 5.74) is 2.42. The van der Waals surface area contributed by atoms with Gasteiger partial charge in [0.05, 0.1) is 27.3 Å². The Kier molecular flexibility index (Phi) is 2.90. The molecule has 0 saturated heterocycles. The van der Waals surface area contributed by atoms with Crippen molar-refractivity contribution < 1.29 is 0 Å². The number of rotatable bonds is 2. The third kappa shape index (κ3) is 2.04. The quantitative estimate of drug-likeness (QED) is 0.528. The third-order valence-corrected chi connectivity index (χ3v) is 3.48. The highest BCUT2D eigenvalue weighted by atomic mass is 32.1. The summed E-state index contributed by atoms with van der Waals surface area (Å²) in [7, 11) is 0. The number of benzene rings is 1. The molecule has 3 aromatic rings. The fraction of sp³-hybridized carbons (Fsp3) is 0. The summed E-state index contributed by atoms with van der Waals surface area (Å²) in [5, 5.41) is 3.20. The summed E-state index contributed by atoms with van der Waals surface area (Å²) in [4.78, 5) is 16.7. The molecule has 0 amide bonds. The number of aromatic nitrogens is 3. The van der Waals surface area contributed by atoms with Gasteiger partial charge in [-0.3, -0.25) is 9.97 Å². The maximum atomic E-state index is 4.59. The van der Waals surface area contributed by atoms with Crippen molar-refractivity contribution in [1.29, 1.82) is 0 Å². The second kappa shape index (κ2) is 4.70. The molecule has 0 saturated carbocycles. The molecular formula is C12H6N4S2. The number of hydrogen-bond donors (Lipinski definition) is 0. The molecule has 4 nitrogen and oxygen atoms in total. The topological polar surface area (TPSA) is 51.0 Å². The molecule has 2 aromatic heterocycles. The van der Waals surface area contributed by atoms with Crippen molar-refractivity contribution in [2.24, 2.45) is 4.99 Å². The fourth-order valence-corrected chi connectivity index (χ4v) is 2.57. The largest absolute Gasteiger partial charge is 0.261 e. The normalized spacial score (nSPS) is 10.2. The molecule has 18 heavy (non-hydrogen) atoms. The van der Waals surface area contributed by atoms with Crippen LogP contribution in [0.2, 0.25) is 0 Å². The molecule has 0 N–H and O–H groups in total. The van der Waals surface area contributed by atoms with Crippen molar-refractivity contribution >= 4 is 44.6 Å². The Labute approximate surface area is 112 Å². The predicted molar refractivity (Wildman–Crippen MR) is 75.3 cm³/mol. The molecule has 86 valence electrons. The van der Waals surface area contributed by atoms with Crippen LogP contribution in [0.15, 0.2) is 41.8 Å². The van der Waals surface area contributed by atoms with Crippen LogP contribution in [0.3, 0.4) is 0 Å². The summed E-state index contributed by atoms with van der Waals surface area (Å²) in [6.45, 7) is 0. The van der Waals surface area contributed by atoms with Crippen molar-refractivity contribution in [2.75, 3.05) is 0 Å². The van der Waals surface area contributed by atoms with E-state index in [2.05, 4.69) is 37.3 Å². The number of nitrogens with zero attached hydrogens (tertiary/aromatic N) is 4. The van der Waals surface area contributed by atoms with E-state index >= 15 is 0 Å². The second-order valence-corrected chi connectivity index (χ2v) is 4.68. The lowest BCUT2D eigenvalue weighted by molar-refractivity contribution is 1.20. The molecule has 0 aliphatic rings. The minimum absolute atomic E-state index is 0.758. The summed E-state index contributed by atoms with van der Waals surface area (Å²) < 4.78 is 1.08. The highest BCUT2D eigenvalue weighted by molar-refractivity contribution is 7.78.